The van der Waals surface area contributed by atoms with Gasteiger partial charge in [0.1, 0.15) is 5.60 Å². The summed E-state index contributed by atoms with van der Waals surface area (Å²) in [7, 11) is -3.31. The molecule has 0 unspecified atom stereocenters. The third-order valence-electron chi connectivity index (χ3n) is 4.93. The molecule has 0 saturated carbocycles. The van der Waals surface area contributed by atoms with Crippen molar-refractivity contribution in [1.82, 2.24) is 14.5 Å². The summed E-state index contributed by atoms with van der Waals surface area (Å²) in [5.41, 5.74) is -0.581. The smallest absolute Gasteiger partial charge is 0.410 e. The minimum Gasteiger partial charge on any atom is -0.444 e. The largest absolute Gasteiger partial charge is 0.444 e. The number of likely N-dealkylation sites (tertiary alicyclic amines) is 1. The highest BCUT2D eigenvalue weighted by atomic mass is 32.2. The molecule has 9 heteroatoms. The van der Waals surface area contributed by atoms with Crippen molar-refractivity contribution in [1.29, 1.82) is 0 Å². The number of nitrogens with one attached hydrogen (secondary N) is 1. The summed E-state index contributed by atoms with van der Waals surface area (Å²) < 4.78 is 30.4. The van der Waals surface area contributed by atoms with Gasteiger partial charge in [-0.2, -0.15) is 4.31 Å². The molecule has 2 aliphatic rings. The van der Waals surface area contributed by atoms with E-state index in [4.69, 9.17) is 4.74 Å². The molecule has 0 radical (unpaired) electrons. The highest BCUT2D eigenvalue weighted by Crippen LogP contribution is 2.25. The van der Waals surface area contributed by atoms with Crippen molar-refractivity contribution in [3.63, 3.8) is 0 Å². The van der Waals surface area contributed by atoms with Crippen LogP contribution >= 0.6 is 0 Å². The molecular weight excluding hydrogens is 358 g/mol. The highest BCUT2D eigenvalue weighted by molar-refractivity contribution is 7.89. The maximum atomic E-state index is 12.4. The Morgan fingerprint density at radius 1 is 1.19 bits per heavy atom. The first kappa shape index (κ1) is 21.0. The lowest BCUT2D eigenvalue weighted by Gasteiger charge is -2.43. The molecule has 2 rings (SSSR count). The van der Waals surface area contributed by atoms with Crippen molar-refractivity contribution in [3.05, 3.63) is 0 Å². The predicted molar refractivity (Wildman–Crippen MR) is 98.1 cm³/mol. The van der Waals surface area contributed by atoms with Gasteiger partial charge < -0.3 is 15.0 Å². The van der Waals surface area contributed by atoms with Crippen molar-refractivity contribution in [3.8, 4) is 0 Å². The maximum Gasteiger partial charge on any atom is 0.410 e. The van der Waals surface area contributed by atoms with E-state index < -0.39 is 21.7 Å². The van der Waals surface area contributed by atoms with E-state index >= 15 is 0 Å². The number of carbonyl (C=O) groups is 2. The number of amides is 2. The Morgan fingerprint density at radius 2 is 1.85 bits per heavy atom. The van der Waals surface area contributed by atoms with Crippen LogP contribution in [0, 0.1) is 5.92 Å². The molecule has 0 spiro atoms. The lowest BCUT2D eigenvalue weighted by atomic mass is 9.87. The van der Waals surface area contributed by atoms with Gasteiger partial charge in [0.05, 0.1) is 24.4 Å². The van der Waals surface area contributed by atoms with Crippen LogP contribution in [0.2, 0.25) is 0 Å². The van der Waals surface area contributed by atoms with E-state index in [2.05, 4.69) is 5.32 Å². The summed E-state index contributed by atoms with van der Waals surface area (Å²) in [4.78, 5) is 26.5. The Morgan fingerprint density at radius 3 is 2.38 bits per heavy atom. The van der Waals surface area contributed by atoms with Gasteiger partial charge in [0.15, 0.2) is 0 Å². The Hall–Kier alpha value is -1.35. The third-order valence-corrected chi connectivity index (χ3v) is 6.83. The zero-order valence-corrected chi connectivity index (χ0v) is 17.1. The van der Waals surface area contributed by atoms with Crippen LogP contribution in [0.5, 0.6) is 0 Å². The fraction of sp³-hybridized carbons (Fsp3) is 0.882. The lowest BCUT2D eigenvalue weighted by molar-refractivity contribution is -0.123. The predicted octanol–water partition coefficient (Wildman–Crippen LogP) is 1.17. The normalized spacial score (nSPS) is 29.4. The van der Waals surface area contributed by atoms with E-state index in [-0.39, 0.29) is 36.2 Å². The average molecular weight is 390 g/mol. The van der Waals surface area contributed by atoms with E-state index in [0.717, 1.165) is 6.42 Å². The first-order valence-corrected chi connectivity index (χ1v) is 10.8. The van der Waals surface area contributed by atoms with Crippen molar-refractivity contribution >= 4 is 22.0 Å². The van der Waals surface area contributed by atoms with Gasteiger partial charge in [0.25, 0.3) is 0 Å². The molecule has 8 nitrogen and oxygen atoms in total. The number of piperidine rings is 1. The zero-order chi connectivity index (χ0) is 19.7. The van der Waals surface area contributed by atoms with E-state index in [1.807, 2.05) is 34.6 Å². The van der Waals surface area contributed by atoms with Gasteiger partial charge in [0, 0.05) is 13.1 Å². The molecule has 2 heterocycles. The number of hydrogen-bond donors (Lipinski definition) is 1. The quantitative estimate of drug-likeness (QED) is 0.782. The van der Waals surface area contributed by atoms with Crippen LogP contribution in [-0.4, -0.2) is 72.7 Å². The zero-order valence-electron chi connectivity index (χ0n) is 16.3. The van der Waals surface area contributed by atoms with Crippen LogP contribution in [0.4, 0.5) is 4.79 Å². The molecule has 0 aromatic heterocycles. The van der Waals surface area contributed by atoms with Crippen molar-refractivity contribution in [2.45, 2.75) is 65.1 Å². The second kappa shape index (κ2) is 7.72. The second-order valence-electron chi connectivity index (χ2n) is 8.28. The van der Waals surface area contributed by atoms with Gasteiger partial charge in [-0.1, -0.05) is 6.92 Å². The first-order valence-electron chi connectivity index (χ1n) is 9.17. The lowest BCUT2D eigenvalue weighted by Crippen LogP contribution is -2.60. The van der Waals surface area contributed by atoms with Crippen LogP contribution in [0.3, 0.4) is 0 Å². The number of sulfonamides is 1. The Bertz CT molecular complexity index is 643. The molecule has 0 aromatic rings. The SMILES string of the molecule is C[C@@H]1CCN(C(=O)OC(C)(C)C)[C@H](C)[C@@H]1NC(=O)CN1CCCS1(=O)=O. The molecule has 0 bridgehead atoms. The molecule has 3 atom stereocenters. The van der Waals surface area contributed by atoms with Gasteiger partial charge in [-0.25, -0.2) is 13.2 Å². The van der Waals surface area contributed by atoms with Crippen LogP contribution in [-0.2, 0) is 19.6 Å². The van der Waals surface area contributed by atoms with Crippen molar-refractivity contribution in [2.24, 2.45) is 5.92 Å². The van der Waals surface area contributed by atoms with E-state index in [0.29, 0.717) is 19.5 Å². The summed E-state index contributed by atoms with van der Waals surface area (Å²) in [6, 6.07) is -0.471. The number of hydrogen-bond acceptors (Lipinski definition) is 5. The Labute approximate surface area is 156 Å². The number of carbonyl (C=O) groups excluding carboxylic acids is 2. The maximum absolute atomic E-state index is 12.4. The molecule has 2 fully saturated rings. The molecule has 2 saturated heterocycles. The standard InChI is InChI=1S/C17H31N3O5S/c1-12-7-9-20(16(22)25-17(3,4)5)13(2)15(12)18-14(21)11-19-8-6-10-26(19,23)24/h12-13,15H,6-11H2,1-5H3,(H,18,21)/t12-,13-,15-/m1/s1. The topological polar surface area (TPSA) is 96.0 Å². The molecule has 1 N–H and O–H groups in total. The van der Waals surface area contributed by atoms with Gasteiger partial charge in [-0.15, -0.1) is 0 Å². The average Bonchev–Trinajstić information content (AvgIpc) is 2.80. The summed E-state index contributed by atoms with van der Waals surface area (Å²) in [6.07, 6.45) is 0.910. The van der Waals surface area contributed by atoms with E-state index in [9.17, 15) is 18.0 Å². The van der Waals surface area contributed by atoms with E-state index in [1.54, 1.807) is 4.90 Å². The van der Waals surface area contributed by atoms with E-state index in [1.165, 1.54) is 4.31 Å². The summed E-state index contributed by atoms with van der Waals surface area (Å²) in [5, 5.41) is 2.94. The fourth-order valence-corrected chi connectivity index (χ4v) is 4.97. The fourth-order valence-electron chi connectivity index (χ4n) is 3.50. The molecule has 0 aliphatic carbocycles. The van der Waals surface area contributed by atoms with Gasteiger partial charge in [-0.3, -0.25) is 4.79 Å². The first-order chi connectivity index (χ1) is 11.9. The van der Waals surface area contributed by atoms with Crippen molar-refractivity contribution in [2.75, 3.05) is 25.4 Å². The summed E-state index contributed by atoms with van der Waals surface area (Å²) in [5.74, 6) is -0.0452. The Kier molecular flexibility index (Phi) is 6.22. The molecule has 0 aromatic carbocycles. The molecular formula is C17H31N3O5S. The number of ether oxygens (including phenoxy) is 1. The number of nitrogens with zero attached hydrogens (tertiary/aromatic N) is 2. The van der Waals surface area contributed by atoms with Gasteiger partial charge >= 0.3 is 6.09 Å². The highest BCUT2D eigenvalue weighted by Gasteiger charge is 2.39. The number of rotatable bonds is 3. The van der Waals surface area contributed by atoms with Crippen LogP contribution in [0.25, 0.3) is 0 Å². The third kappa shape index (κ3) is 5.09. The van der Waals surface area contributed by atoms with Crippen LogP contribution in [0.15, 0.2) is 0 Å². The molecule has 150 valence electrons. The Balaban J connectivity index is 2.00. The van der Waals surface area contributed by atoms with Crippen LogP contribution in [0.1, 0.15) is 47.5 Å². The monoisotopic (exact) mass is 389 g/mol. The van der Waals surface area contributed by atoms with Crippen molar-refractivity contribution < 1.29 is 22.7 Å². The minimum absolute atomic E-state index is 0.100. The summed E-state index contributed by atoms with van der Waals surface area (Å²) >= 11 is 0. The molecule has 26 heavy (non-hydrogen) atoms. The second-order valence-corrected chi connectivity index (χ2v) is 10.4. The van der Waals surface area contributed by atoms with Gasteiger partial charge in [0.2, 0.25) is 15.9 Å². The summed E-state index contributed by atoms with van der Waals surface area (Å²) in [6.45, 7) is 10.2. The molecule has 2 aliphatic heterocycles. The molecule has 2 amide bonds. The van der Waals surface area contributed by atoms with Gasteiger partial charge in [-0.05, 0) is 46.5 Å². The van der Waals surface area contributed by atoms with Crippen LogP contribution < -0.4 is 5.32 Å². The minimum atomic E-state index is -3.31.